The minimum atomic E-state index is -0.368. The number of nitrogens with one attached hydrogen (secondary N) is 1. The molecule has 0 aliphatic rings. The Morgan fingerprint density at radius 3 is 2.88 bits per heavy atom. The third-order valence-electron chi connectivity index (χ3n) is 1.80. The standard InChI is InChI=1S/C10H12BrFN2O2/c1-14(2)10(15)13-16-6-7-5-8(12)3-4-9(7)11/h3-5H,6H2,1-2H3,(H,13,15). The van der Waals surface area contributed by atoms with Gasteiger partial charge >= 0.3 is 6.03 Å². The number of carbonyl (C=O) groups is 1. The molecule has 16 heavy (non-hydrogen) atoms. The van der Waals surface area contributed by atoms with E-state index in [0.717, 1.165) is 4.47 Å². The Bertz CT molecular complexity index is 385. The molecule has 1 N–H and O–H groups in total. The van der Waals surface area contributed by atoms with Crippen LogP contribution in [0.4, 0.5) is 9.18 Å². The molecule has 88 valence electrons. The maximum atomic E-state index is 12.9. The number of carbonyl (C=O) groups excluding carboxylic acids is 1. The van der Waals surface area contributed by atoms with E-state index in [2.05, 4.69) is 21.4 Å². The molecule has 0 aliphatic heterocycles. The van der Waals surface area contributed by atoms with Gasteiger partial charge in [-0.25, -0.2) is 14.7 Å². The Hall–Kier alpha value is -1.14. The number of nitrogens with zero attached hydrogens (tertiary/aromatic N) is 1. The number of hydrogen-bond acceptors (Lipinski definition) is 2. The summed E-state index contributed by atoms with van der Waals surface area (Å²) in [5, 5.41) is 0. The van der Waals surface area contributed by atoms with Gasteiger partial charge in [0.2, 0.25) is 0 Å². The minimum Gasteiger partial charge on any atom is -0.329 e. The van der Waals surface area contributed by atoms with Crippen LogP contribution in [0.3, 0.4) is 0 Å². The van der Waals surface area contributed by atoms with Crippen molar-refractivity contribution in [2.24, 2.45) is 0 Å². The number of rotatable bonds is 3. The average molecular weight is 291 g/mol. The van der Waals surface area contributed by atoms with Crippen LogP contribution in [-0.4, -0.2) is 25.0 Å². The van der Waals surface area contributed by atoms with Crippen molar-refractivity contribution in [2.75, 3.05) is 14.1 Å². The van der Waals surface area contributed by atoms with E-state index < -0.39 is 0 Å². The molecule has 1 aromatic rings. The predicted octanol–water partition coefficient (Wildman–Crippen LogP) is 2.29. The largest absolute Gasteiger partial charge is 0.340 e. The van der Waals surface area contributed by atoms with Crippen molar-refractivity contribution in [3.8, 4) is 0 Å². The molecule has 0 radical (unpaired) electrons. The van der Waals surface area contributed by atoms with Gasteiger partial charge in [-0.05, 0) is 23.8 Å². The fourth-order valence-electron chi connectivity index (χ4n) is 0.921. The highest BCUT2D eigenvalue weighted by molar-refractivity contribution is 9.10. The molecule has 0 aromatic heterocycles. The molecule has 0 heterocycles. The molecule has 0 bridgehead atoms. The molecule has 0 aliphatic carbocycles. The van der Waals surface area contributed by atoms with Crippen LogP contribution in [0, 0.1) is 5.82 Å². The van der Waals surface area contributed by atoms with Crippen LogP contribution < -0.4 is 5.48 Å². The van der Waals surface area contributed by atoms with Crippen molar-refractivity contribution in [2.45, 2.75) is 6.61 Å². The highest BCUT2D eigenvalue weighted by atomic mass is 79.9. The smallest absolute Gasteiger partial charge is 0.329 e. The van der Waals surface area contributed by atoms with Crippen LogP contribution in [0.25, 0.3) is 0 Å². The molecular formula is C10H12BrFN2O2. The number of urea groups is 1. The van der Waals surface area contributed by atoms with Crippen molar-refractivity contribution >= 4 is 22.0 Å². The molecule has 6 heteroatoms. The van der Waals surface area contributed by atoms with E-state index in [0.29, 0.717) is 5.56 Å². The van der Waals surface area contributed by atoms with Gasteiger partial charge in [-0.2, -0.15) is 0 Å². The maximum absolute atomic E-state index is 12.9. The molecule has 0 spiro atoms. The third-order valence-corrected chi connectivity index (χ3v) is 2.57. The van der Waals surface area contributed by atoms with Crippen molar-refractivity contribution < 1.29 is 14.0 Å². The number of amides is 2. The second kappa shape index (κ2) is 5.81. The van der Waals surface area contributed by atoms with E-state index in [1.807, 2.05) is 0 Å². The normalized spacial score (nSPS) is 10.0. The molecule has 0 unspecified atom stereocenters. The molecule has 4 nitrogen and oxygen atoms in total. The summed E-state index contributed by atoms with van der Waals surface area (Å²) in [5.74, 6) is -0.347. The first-order valence-corrected chi connectivity index (χ1v) is 5.33. The highest BCUT2D eigenvalue weighted by Crippen LogP contribution is 2.18. The molecule has 1 aromatic carbocycles. The summed E-state index contributed by atoms with van der Waals surface area (Å²) < 4.78 is 13.6. The number of hydroxylamine groups is 1. The van der Waals surface area contributed by atoms with E-state index in [9.17, 15) is 9.18 Å². The summed E-state index contributed by atoms with van der Waals surface area (Å²) in [6.45, 7) is 0.0952. The Morgan fingerprint density at radius 1 is 1.56 bits per heavy atom. The maximum Gasteiger partial charge on any atom is 0.340 e. The van der Waals surface area contributed by atoms with Crippen molar-refractivity contribution in [3.63, 3.8) is 0 Å². The Morgan fingerprint density at radius 2 is 2.25 bits per heavy atom. The van der Waals surface area contributed by atoms with Crippen LogP contribution >= 0.6 is 15.9 Å². The fourth-order valence-corrected chi connectivity index (χ4v) is 1.28. The number of halogens is 2. The van der Waals surface area contributed by atoms with Crippen LogP contribution in [0.1, 0.15) is 5.56 Å². The highest BCUT2D eigenvalue weighted by Gasteiger charge is 2.05. The first kappa shape index (κ1) is 12.9. The SMILES string of the molecule is CN(C)C(=O)NOCc1cc(F)ccc1Br. The minimum absolute atomic E-state index is 0.0952. The monoisotopic (exact) mass is 290 g/mol. The molecule has 1 rings (SSSR count). The lowest BCUT2D eigenvalue weighted by Crippen LogP contribution is -2.34. The van der Waals surface area contributed by atoms with E-state index in [1.165, 1.54) is 17.0 Å². The van der Waals surface area contributed by atoms with Crippen molar-refractivity contribution in [3.05, 3.63) is 34.1 Å². The summed E-state index contributed by atoms with van der Waals surface area (Å²) in [6.07, 6.45) is 0. The Balaban J connectivity index is 2.49. The summed E-state index contributed by atoms with van der Waals surface area (Å²) in [5.41, 5.74) is 2.85. The summed E-state index contributed by atoms with van der Waals surface area (Å²) in [7, 11) is 3.19. The topological polar surface area (TPSA) is 41.6 Å². The molecule has 2 amide bonds. The van der Waals surface area contributed by atoms with E-state index in [4.69, 9.17) is 4.84 Å². The number of hydrogen-bond donors (Lipinski definition) is 1. The number of benzene rings is 1. The molecular weight excluding hydrogens is 279 g/mol. The van der Waals surface area contributed by atoms with Crippen molar-refractivity contribution in [1.29, 1.82) is 0 Å². The second-order valence-corrected chi connectivity index (χ2v) is 4.18. The van der Waals surface area contributed by atoms with Gasteiger partial charge in [0.25, 0.3) is 0 Å². The summed E-state index contributed by atoms with van der Waals surface area (Å²) in [4.78, 5) is 17.4. The van der Waals surface area contributed by atoms with E-state index in [-0.39, 0.29) is 18.5 Å². The predicted molar refractivity (Wildman–Crippen MR) is 61.1 cm³/mol. The van der Waals surface area contributed by atoms with Gasteiger partial charge < -0.3 is 4.90 Å². The quantitative estimate of drug-likeness (QED) is 0.868. The first-order valence-electron chi connectivity index (χ1n) is 4.53. The van der Waals surface area contributed by atoms with Gasteiger partial charge in [0.1, 0.15) is 12.4 Å². The second-order valence-electron chi connectivity index (χ2n) is 3.33. The first-order chi connectivity index (χ1) is 7.50. The van der Waals surface area contributed by atoms with Gasteiger partial charge in [0.05, 0.1) is 0 Å². The van der Waals surface area contributed by atoms with Crippen LogP contribution in [-0.2, 0) is 11.4 Å². The zero-order valence-corrected chi connectivity index (χ0v) is 10.5. The fraction of sp³-hybridized carbons (Fsp3) is 0.300. The molecule has 0 atom stereocenters. The van der Waals surface area contributed by atoms with E-state index >= 15 is 0 Å². The Labute approximate surface area is 101 Å². The van der Waals surface area contributed by atoms with Gasteiger partial charge in [-0.1, -0.05) is 15.9 Å². The summed E-state index contributed by atoms with van der Waals surface area (Å²) in [6, 6.07) is 3.90. The Kier molecular flexibility index (Phi) is 4.70. The van der Waals surface area contributed by atoms with Gasteiger partial charge in [-0.15, -0.1) is 0 Å². The van der Waals surface area contributed by atoms with Gasteiger partial charge in [-0.3, -0.25) is 4.84 Å². The zero-order valence-electron chi connectivity index (χ0n) is 8.96. The molecule has 0 fully saturated rings. The van der Waals surface area contributed by atoms with Crippen LogP contribution in [0.15, 0.2) is 22.7 Å². The van der Waals surface area contributed by atoms with Gasteiger partial charge in [0.15, 0.2) is 0 Å². The average Bonchev–Trinajstić information content (AvgIpc) is 2.22. The lowest BCUT2D eigenvalue weighted by molar-refractivity contribution is 0.0405. The zero-order chi connectivity index (χ0) is 12.1. The molecule has 0 saturated carbocycles. The lowest BCUT2D eigenvalue weighted by atomic mass is 10.2. The molecule has 0 saturated heterocycles. The van der Waals surface area contributed by atoms with Crippen LogP contribution in [0.2, 0.25) is 0 Å². The van der Waals surface area contributed by atoms with Crippen molar-refractivity contribution in [1.82, 2.24) is 10.4 Å². The van der Waals surface area contributed by atoms with Gasteiger partial charge in [0, 0.05) is 18.6 Å². The lowest BCUT2D eigenvalue weighted by Gasteiger charge is -2.12. The van der Waals surface area contributed by atoms with Crippen LogP contribution in [0.5, 0.6) is 0 Å². The summed E-state index contributed by atoms with van der Waals surface area (Å²) >= 11 is 3.26. The third kappa shape index (κ3) is 3.79. The van der Waals surface area contributed by atoms with E-state index in [1.54, 1.807) is 20.2 Å².